The molecule has 1 aliphatic rings. The summed E-state index contributed by atoms with van der Waals surface area (Å²) in [5, 5.41) is 4.04. The predicted molar refractivity (Wildman–Crippen MR) is 94.1 cm³/mol. The summed E-state index contributed by atoms with van der Waals surface area (Å²) in [6, 6.07) is 10.9. The van der Waals surface area contributed by atoms with Crippen molar-refractivity contribution < 1.29 is 14.3 Å². The highest BCUT2D eigenvalue weighted by Gasteiger charge is 2.15. The van der Waals surface area contributed by atoms with Gasteiger partial charge < -0.3 is 14.8 Å². The fourth-order valence-electron chi connectivity index (χ4n) is 2.44. The van der Waals surface area contributed by atoms with Crippen molar-refractivity contribution in [3.05, 3.63) is 57.6 Å². The maximum Gasteiger partial charge on any atom is 0.224 e. The van der Waals surface area contributed by atoms with E-state index in [4.69, 9.17) is 32.7 Å². The monoisotopic (exact) mass is 365 g/mol. The molecule has 1 amide bonds. The van der Waals surface area contributed by atoms with Gasteiger partial charge in [0.05, 0.1) is 24.7 Å². The topological polar surface area (TPSA) is 47.6 Å². The van der Waals surface area contributed by atoms with E-state index in [1.807, 2.05) is 18.2 Å². The Labute approximate surface area is 150 Å². The molecule has 1 heterocycles. The largest absolute Gasteiger partial charge is 0.489 e. The first-order valence-electron chi connectivity index (χ1n) is 7.71. The molecule has 1 aliphatic heterocycles. The van der Waals surface area contributed by atoms with E-state index in [1.54, 1.807) is 18.2 Å². The molecule has 0 bridgehead atoms. The first-order valence-corrected chi connectivity index (χ1v) is 8.46. The van der Waals surface area contributed by atoms with Crippen molar-refractivity contribution in [3.8, 4) is 11.5 Å². The average Bonchev–Trinajstić information content (AvgIpc) is 2.81. The number of benzene rings is 2. The average molecular weight is 366 g/mol. The molecule has 0 aliphatic carbocycles. The molecule has 24 heavy (non-hydrogen) atoms. The number of hydrogen-bond acceptors (Lipinski definition) is 3. The van der Waals surface area contributed by atoms with Crippen LogP contribution in [0.15, 0.2) is 36.4 Å². The molecule has 0 saturated carbocycles. The van der Waals surface area contributed by atoms with E-state index in [2.05, 4.69) is 5.32 Å². The van der Waals surface area contributed by atoms with Gasteiger partial charge in [-0.3, -0.25) is 4.79 Å². The van der Waals surface area contributed by atoms with Crippen molar-refractivity contribution in [2.45, 2.75) is 19.4 Å². The first-order chi connectivity index (χ1) is 11.6. The number of halogens is 2. The zero-order valence-corrected chi connectivity index (χ0v) is 14.5. The maximum absolute atomic E-state index is 12.1. The van der Waals surface area contributed by atoms with Crippen LogP contribution in [0, 0.1) is 0 Å². The Morgan fingerprint density at radius 3 is 2.58 bits per heavy atom. The second-order valence-electron chi connectivity index (χ2n) is 5.54. The van der Waals surface area contributed by atoms with Crippen LogP contribution in [0.3, 0.4) is 0 Å². The van der Waals surface area contributed by atoms with Crippen molar-refractivity contribution in [1.82, 2.24) is 5.32 Å². The molecule has 126 valence electrons. The minimum atomic E-state index is -0.0689. The number of hydrogen-bond donors (Lipinski definition) is 1. The Bertz CT molecular complexity index is 732. The molecular weight excluding hydrogens is 349 g/mol. The highest BCUT2D eigenvalue weighted by atomic mass is 35.5. The Kier molecular flexibility index (Phi) is 5.48. The normalized spacial score (nSPS) is 13.2. The van der Waals surface area contributed by atoms with Gasteiger partial charge in [0, 0.05) is 18.0 Å². The van der Waals surface area contributed by atoms with E-state index >= 15 is 0 Å². The summed E-state index contributed by atoms with van der Waals surface area (Å²) >= 11 is 12.1. The Morgan fingerprint density at radius 1 is 1.04 bits per heavy atom. The fourth-order valence-corrected chi connectivity index (χ4v) is 2.85. The van der Waals surface area contributed by atoms with Gasteiger partial charge in [0.1, 0.15) is 0 Å². The van der Waals surface area contributed by atoms with Crippen molar-refractivity contribution in [2.24, 2.45) is 0 Å². The summed E-state index contributed by atoms with van der Waals surface area (Å²) in [6.07, 6.45) is 1.12. The molecule has 0 spiro atoms. The quantitative estimate of drug-likeness (QED) is 0.889. The molecular formula is C18H17Cl2NO3. The summed E-state index contributed by atoms with van der Waals surface area (Å²) in [6.45, 7) is 1.56. The number of rotatable bonds is 4. The van der Waals surface area contributed by atoms with Gasteiger partial charge in [0.2, 0.25) is 5.91 Å². The number of fused-ring (bicyclic) bond motifs is 1. The molecule has 0 saturated heterocycles. The lowest BCUT2D eigenvalue weighted by Gasteiger charge is -2.12. The lowest BCUT2D eigenvalue weighted by atomic mass is 10.1. The minimum Gasteiger partial charge on any atom is -0.489 e. The molecule has 2 aromatic carbocycles. The number of nitrogens with one attached hydrogen (secondary N) is 1. The van der Waals surface area contributed by atoms with Crippen LogP contribution in [0.5, 0.6) is 11.5 Å². The van der Waals surface area contributed by atoms with Crippen LogP contribution < -0.4 is 14.8 Å². The van der Waals surface area contributed by atoms with E-state index in [0.29, 0.717) is 47.7 Å². The molecule has 4 nitrogen and oxygen atoms in total. The zero-order chi connectivity index (χ0) is 16.9. The maximum atomic E-state index is 12.1. The van der Waals surface area contributed by atoms with Crippen molar-refractivity contribution in [3.63, 3.8) is 0 Å². The summed E-state index contributed by atoms with van der Waals surface area (Å²) < 4.78 is 11.2. The van der Waals surface area contributed by atoms with Crippen LogP contribution in [0.25, 0.3) is 0 Å². The fraction of sp³-hybridized carbons (Fsp3) is 0.278. The van der Waals surface area contributed by atoms with Gasteiger partial charge in [-0.1, -0.05) is 35.3 Å². The van der Waals surface area contributed by atoms with Crippen molar-refractivity contribution >= 4 is 29.1 Å². The van der Waals surface area contributed by atoms with Crippen LogP contribution in [-0.2, 0) is 17.8 Å². The second kappa shape index (κ2) is 7.77. The second-order valence-corrected chi connectivity index (χ2v) is 6.38. The summed E-state index contributed by atoms with van der Waals surface area (Å²) in [5.74, 6) is 1.13. The molecule has 0 radical (unpaired) electrons. The minimum absolute atomic E-state index is 0.0689. The lowest BCUT2D eigenvalue weighted by molar-refractivity contribution is -0.120. The summed E-state index contributed by atoms with van der Waals surface area (Å²) in [4.78, 5) is 12.1. The van der Waals surface area contributed by atoms with Gasteiger partial charge in [-0.25, -0.2) is 0 Å². The van der Waals surface area contributed by atoms with E-state index in [-0.39, 0.29) is 5.91 Å². The molecule has 0 atom stereocenters. The highest BCUT2D eigenvalue weighted by molar-refractivity contribution is 6.32. The van der Waals surface area contributed by atoms with Gasteiger partial charge in [0.15, 0.2) is 11.5 Å². The molecule has 0 fully saturated rings. The van der Waals surface area contributed by atoms with Gasteiger partial charge in [-0.15, -0.1) is 0 Å². The van der Waals surface area contributed by atoms with Crippen LogP contribution >= 0.6 is 23.2 Å². The third-order valence-electron chi connectivity index (χ3n) is 3.63. The molecule has 3 rings (SSSR count). The van der Waals surface area contributed by atoms with Gasteiger partial charge >= 0.3 is 0 Å². The third kappa shape index (κ3) is 4.34. The zero-order valence-electron chi connectivity index (χ0n) is 13.0. The molecule has 1 N–H and O–H groups in total. The van der Waals surface area contributed by atoms with Crippen LogP contribution in [0.1, 0.15) is 17.5 Å². The van der Waals surface area contributed by atoms with Crippen LogP contribution in [-0.4, -0.2) is 19.1 Å². The SMILES string of the molecule is O=C(Cc1ccc(Cl)cc1)NCc1cc(Cl)c2c(c1)OCCCO2. The Hall–Kier alpha value is -1.91. The van der Waals surface area contributed by atoms with Gasteiger partial charge in [0.25, 0.3) is 0 Å². The van der Waals surface area contributed by atoms with Crippen LogP contribution in [0.4, 0.5) is 0 Å². The Morgan fingerprint density at radius 2 is 1.79 bits per heavy atom. The van der Waals surface area contributed by atoms with Gasteiger partial charge in [-0.2, -0.15) is 0 Å². The summed E-state index contributed by atoms with van der Waals surface area (Å²) in [5.41, 5.74) is 1.78. The van der Waals surface area contributed by atoms with E-state index in [9.17, 15) is 4.79 Å². The summed E-state index contributed by atoms with van der Waals surface area (Å²) in [7, 11) is 0. The number of ether oxygens (including phenoxy) is 2. The number of carbonyl (C=O) groups excluding carboxylic acids is 1. The van der Waals surface area contributed by atoms with E-state index < -0.39 is 0 Å². The standard InChI is InChI=1S/C18H17Cl2NO3/c19-14-4-2-12(3-5-14)10-17(22)21-11-13-8-15(20)18-16(9-13)23-6-1-7-24-18/h2-5,8-9H,1,6-7,10-11H2,(H,21,22). The van der Waals surface area contributed by atoms with Crippen molar-refractivity contribution in [2.75, 3.05) is 13.2 Å². The van der Waals surface area contributed by atoms with Crippen LogP contribution in [0.2, 0.25) is 10.0 Å². The molecule has 2 aromatic rings. The first kappa shape index (κ1) is 16.9. The Balaban J connectivity index is 1.62. The highest BCUT2D eigenvalue weighted by Crippen LogP contribution is 2.37. The number of amides is 1. The predicted octanol–water partition coefficient (Wildman–Crippen LogP) is 4.01. The molecule has 6 heteroatoms. The van der Waals surface area contributed by atoms with Crippen molar-refractivity contribution in [1.29, 1.82) is 0 Å². The third-order valence-corrected chi connectivity index (χ3v) is 4.16. The number of carbonyl (C=O) groups is 1. The smallest absolute Gasteiger partial charge is 0.224 e. The molecule has 0 aromatic heterocycles. The van der Waals surface area contributed by atoms with E-state index in [1.165, 1.54) is 0 Å². The van der Waals surface area contributed by atoms with Gasteiger partial charge in [-0.05, 0) is 35.4 Å². The molecule has 0 unspecified atom stereocenters. The lowest BCUT2D eigenvalue weighted by Crippen LogP contribution is -2.24. The van der Waals surface area contributed by atoms with E-state index in [0.717, 1.165) is 17.5 Å².